The van der Waals surface area contributed by atoms with Gasteiger partial charge in [-0.3, -0.25) is 0 Å². The van der Waals surface area contributed by atoms with E-state index in [0.717, 1.165) is 49.1 Å². The molecule has 0 saturated heterocycles. The summed E-state index contributed by atoms with van der Waals surface area (Å²) in [5.41, 5.74) is 6.19. The van der Waals surface area contributed by atoms with Crippen molar-refractivity contribution in [2.45, 2.75) is 13.5 Å². The van der Waals surface area contributed by atoms with Crippen LogP contribution in [0.5, 0.6) is 5.75 Å². The van der Waals surface area contributed by atoms with Crippen LogP contribution in [0.4, 0.5) is 4.39 Å². The van der Waals surface area contributed by atoms with E-state index < -0.39 is 0 Å². The predicted octanol–water partition coefficient (Wildman–Crippen LogP) is 6.23. The minimum absolute atomic E-state index is 0.261. The lowest BCUT2D eigenvalue weighted by Gasteiger charge is -2.12. The van der Waals surface area contributed by atoms with Gasteiger partial charge in [0.15, 0.2) is 0 Å². The summed E-state index contributed by atoms with van der Waals surface area (Å²) in [4.78, 5) is 0. The van der Waals surface area contributed by atoms with Gasteiger partial charge in [0.05, 0.1) is 17.4 Å². The van der Waals surface area contributed by atoms with E-state index in [9.17, 15) is 4.39 Å². The van der Waals surface area contributed by atoms with Crippen molar-refractivity contribution in [3.05, 3.63) is 93.9 Å². The molecule has 0 amide bonds. The number of benzene rings is 3. The Balaban J connectivity index is 1.74. The minimum atomic E-state index is -0.261. The quantitative estimate of drug-likeness (QED) is 0.354. The second-order valence-electron chi connectivity index (χ2n) is 6.79. The molecule has 0 aliphatic carbocycles. The summed E-state index contributed by atoms with van der Waals surface area (Å²) in [6.45, 7) is 2.52. The second kappa shape index (κ2) is 6.60. The van der Waals surface area contributed by atoms with E-state index in [2.05, 4.69) is 39.2 Å². The van der Waals surface area contributed by atoms with Crippen molar-refractivity contribution in [2.75, 3.05) is 0 Å². The molecular formula is C23H16BrFN2O. The molecular weight excluding hydrogens is 419 g/mol. The van der Waals surface area contributed by atoms with E-state index in [1.165, 1.54) is 12.1 Å². The van der Waals surface area contributed by atoms with Crippen LogP contribution in [0.2, 0.25) is 0 Å². The van der Waals surface area contributed by atoms with E-state index in [1.54, 1.807) is 12.1 Å². The number of nitrogens with zero attached hydrogens (tertiary/aromatic N) is 2. The fourth-order valence-electron chi connectivity index (χ4n) is 3.73. The first-order valence-electron chi connectivity index (χ1n) is 8.97. The van der Waals surface area contributed by atoms with Crippen molar-refractivity contribution in [3.63, 3.8) is 0 Å². The van der Waals surface area contributed by atoms with E-state index >= 15 is 0 Å². The zero-order valence-corrected chi connectivity index (χ0v) is 16.7. The van der Waals surface area contributed by atoms with Crippen molar-refractivity contribution >= 4 is 32.4 Å². The van der Waals surface area contributed by atoms with Crippen LogP contribution in [0.25, 0.3) is 22.2 Å². The summed E-state index contributed by atoms with van der Waals surface area (Å²) in [6, 6.07) is 18.7. The third-order valence-corrected chi connectivity index (χ3v) is 5.41. The Morgan fingerprint density at radius 1 is 1.07 bits per heavy atom. The molecule has 1 aromatic heterocycles. The number of hydrogen-bond donors (Lipinski definition) is 0. The van der Waals surface area contributed by atoms with Crippen molar-refractivity contribution in [1.82, 2.24) is 9.78 Å². The number of halogens is 2. The number of hydrogen-bond acceptors (Lipinski definition) is 2. The van der Waals surface area contributed by atoms with E-state index in [0.29, 0.717) is 6.61 Å². The van der Waals surface area contributed by atoms with Crippen molar-refractivity contribution in [2.24, 2.45) is 0 Å². The number of fused-ring (bicyclic) bond motifs is 3. The summed E-state index contributed by atoms with van der Waals surface area (Å²) in [5.74, 6) is 0.611. The molecule has 1 aliphatic heterocycles. The molecule has 0 bridgehead atoms. The fraction of sp³-hybridized carbons (Fsp3) is 0.0870. The topological polar surface area (TPSA) is 27.1 Å². The van der Waals surface area contributed by atoms with E-state index in [-0.39, 0.29) is 5.82 Å². The Morgan fingerprint density at radius 3 is 2.64 bits per heavy atom. The van der Waals surface area contributed by atoms with Crippen LogP contribution >= 0.6 is 15.9 Å². The van der Waals surface area contributed by atoms with Gasteiger partial charge in [-0.25, -0.2) is 9.07 Å². The van der Waals surface area contributed by atoms with Crippen molar-refractivity contribution < 1.29 is 9.13 Å². The third kappa shape index (κ3) is 2.74. The summed E-state index contributed by atoms with van der Waals surface area (Å²) in [7, 11) is 0. The molecule has 0 atom stereocenters. The average molecular weight is 435 g/mol. The van der Waals surface area contributed by atoms with Crippen LogP contribution in [0, 0.1) is 5.82 Å². The lowest BCUT2D eigenvalue weighted by Crippen LogP contribution is -1.99. The monoisotopic (exact) mass is 434 g/mol. The molecule has 0 radical (unpaired) electrons. The zero-order valence-electron chi connectivity index (χ0n) is 15.1. The molecule has 1 aliphatic rings. The first-order valence-corrected chi connectivity index (χ1v) is 9.76. The molecule has 5 rings (SSSR count). The van der Waals surface area contributed by atoms with Gasteiger partial charge in [-0.05, 0) is 60.5 Å². The highest BCUT2D eigenvalue weighted by molar-refractivity contribution is 9.11. The average Bonchev–Trinajstić information content (AvgIpc) is 3.02. The molecule has 138 valence electrons. The summed E-state index contributed by atoms with van der Waals surface area (Å²) < 4.78 is 22.3. The summed E-state index contributed by atoms with van der Waals surface area (Å²) in [5, 5.41) is 5.55. The molecule has 0 saturated carbocycles. The van der Waals surface area contributed by atoms with Gasteiger partial charge < -0.3 is 4.74 Å². The molecule has 3 nitrogen and oxygen atoms in total. The Kier molecular flexibility index (Phi) is 4.05. The molecule has 3 aromatic carbocycles. The number of para-hydroxylation sites is 1. The standard InChI is InChI=1S/C23H16BrFN2O/c1-14(24)23-19-4-2-3-5-22(19)28-13-16-11-21-15(10-20(16)23)12-26-27(21)18-8-6-17(25)7-9-18/h2-12H,13H2,1H3/b23-14+. The number of aromatic nitrogens is 2. The highest BCUT2D eigenvalue weighted by Crippen LogP contribution is 2.41. The van der Waals surface area contributed by atoms with Gasteiger partial charge >= 0.3 is 0 Å². The molecule has 0 unspecified atom stereocenters. The van der Waals surface area contributed by atoms with E-state index in [1.807, 2.05) is 36.0 Å². The smallest absolute Gasteiger partial charge is 0.127 e. The maximum Gasteiger partial charge on any atom is 0.127 e. The Hall–Kier alpha value is -2.92. The van der Waals surface area contributed by atoms with Crippen LogP contribution < -0.4 is 4.74 Å². The van der Waals surface area contributed by atoms with Gasteiger partial charge in [-0.15, -0.1) is 0 Å². The molecule has 0 fully saturated rings. The first kappa shape index (κ1) is 17.2. The van der Waals surface area contributed by atoms with Crippen LogP contribution in [-0.2, 0) is 6.61 Å². The lowest BCUT2D eigenvalue weighted by atomic mass is 9.93. The summed E-state index contributed by atoms with van der Waals surface area (Å²) in [6.07, 6.45) is 1.85. The Labute approximate surface area is 170 Å². The van der Waals surface area contributed by atoms with Gasteiger partial charge in [0.2, 0.25) is 0 Å². The predicted molar refractivity (Wildman–Crippen MR) is 112 cm³/mol. The lowest BCUT2D eigenvalue weighted by molar-refractivity contribution is 0.307. The van der Waals surface area contributed by atoms with Crippen LogP contribution in [-0.4, -0.2) is 9.78 Å². The van der Waals surface area contributed by atoms with Crippen molar-refractivity contribution in [3.8, 4) is 11.4 Å². The normalized spacial score (nSPS) is 14.8. The molecule has 0 spiro atoms. The first-order chi connectivity index (χ1) is 13.6. The fourth-order valence-corrected chi connectivity index (χ4v) is 4.16. The van der Waals surface area contributed by atoms with E-state index in [4.69, 9.17) is 4.74 Å². The molecule has 5 heteroatoms. The molecule has 4 aromatic rings. The highest BCUT2D eigenvalue weighted by atomic mass is 79.9. The largest absolute Gasteiger partial charge is 0.488 e. The third-order valence-electron chi connectivity index (χ3n) is 5.02. The van der Waals surface area contributed by atoms with Gasteiger partial charge in [-0.1, -0.05) is 34.1 Å². The van der Waals surface area contributed by atoms with Crippen LogP contribution in [0.1, 0.15) is 23.6 Å². The van der Waals surface area contributed by atoms with Crippen molar-refractivity contribution in [1.29, 1.82) is 0 Å². The maximum atomic E-state index is 13.3. The highest BCUT2D eigenvalue weighted by Gasteiger charge is 2.22. The summed E-state index contributed by atoms with van der Waals surface area (Å²) >= 11 is 3.69. The van der Waals surface area contributed by atoms with Gasteiger partial charge in [0.25, 0.3) is 0 Å². The van der Waals surface area contributed by atoms with Gasteiger partial charge in [0.1, 0.15) is 18.2 Å². The Morgan fingerprint density at radius 2 is 1.86 bits per heavy atom. The Bertz CT molecular complexity index is 1240. The molecule has 0 N–H and O–H groups in total. The maximum absolute atomic E-state index is 13.3. The van der Waals surface area contributed by atoms with Crippen LogP contribution in [0.3, 0.4) is 0 Å². The minimum Gasteiger partial charge on any atom is -0.488 e. The SMILES string of the molecule is C/C(Br)=C1\c2cc3cnn(-c4ccc(F)cc4)c3cc2COc2ccccc21. The zero-order chi connectivity index (χ0) is 19.3. The second-order valence-corrected chi connectivity index (χ2v) is 7.98. The van der Waals surface area contributed by atoms with Gasteiger partial charge in [0, 0.05) is 21.0 Å². The molecule has 2 heterocycles. The van der Waals surface area contributed by atoms with Crippen LogP contribution in [0.15, 0.2) is 71.3 Å². The number of rotatable bonds is 1. The number of allylic oxidation sites excluding steroid dienone is 1. The number of ether oxygens (including phenoxy) is 1. The van der Waals surface area contributed by atoms with Gasteiger partial charge in [-0.2, -0.15) is 5.10 Å². The molecule has 28 heavy (non-hydrogen) atoms.